The van der Waals surface area contributed by atoms with Crippen LogP contribution in [-0.2, 0) is 4.79 Å². The summed E-state index contributed by atoms with van der Waals surface area (Å²) < 4.78 is 10.6. The highest BCUT2D eigenvalue weighted by atomic mass is 32.1. The third-order valence-electron chi connectivity index (χ3n) is 4.59. The number of nitrogens with one attached hydrogen (secondary N) is 1. The molecule has 3 rings (SSSR count). The lowest BCUT2D eigenvalue weighted by Gasteiger charge is -2.29. The van der Waals surface area contributed by atoms with E-state index >= 15 is 0 Å². The maximum atomic E-state index is 12.8. The van der Waals surface area contributed by atoms with E-state index in [0.717, 1.165) is 31.2 Å². The summed E-state index contributed by atoms with van der Waals surface area (Å²) in [6.07, 6.45) is 7.38. The minimum absolute atomic E-state index is 0.0511. The van der Waals surface area contributed by atoms with Gasteiger partial charge in [-0.3, -0.25) is 9.69 Å². The number of thiocarbonyl (C=S) groups is 1. The predicted octanol–water partition coefficient (Wildman–Crippen LogP) is 3.09. The highest BCUT2D eigenvalue weighted by molar-refractivity contribution is 7.80. The van der Waals surface area contributed by atoms with Gasteiger partial charge in [0.05, 0.1) is 14.2 Å². The largest absolute Gasteiger partial charge is 0.497 e. The van der Waals surface area contributed by atoms with Crippen molar-refractivity contribution < 1.29 is 14.3 Å². The lowest BCUT2D eigenvalue weighted by atomic mass is 9.94. The van der Waals surface area contributed by atoms with E-state index in [1.54, 1.807) is 31.3 Å². The summed E-state index contributed by atoms with van der Waals surface area (Å²) in [5, 5.41) is 3.57. The number of carbonyl (C=O) groups excluding carboxylic acids is 1. The van der Waals surface area contributed by atoms with Gasteiger partial charge < -0.3 is 14.8 Å². The van der Waals surface area contributed by atoms with Gasteiger partial charge in [0.25, 0.3) is 5.91 Å². The van der Waals surface area contributed by atoms with E-state index in [4.69, 9.17) is 21.7 Å². The quantitative estimate of drug-likeness (QED) is 0.671. The maximum Gasteiger partial charge on any atom is 0.276 e. The Balaban J connectivity index is 1.86. The summed E-state index contributed by atoms with van der Waals surface area (Å²) in [7, 11) is 3.20. The number of hydrogen-bond donors (Lipinski definition) is 1. The number of benzene rings is 1. The molecular formula is C18H22N2O3S. The fourth-order valence-electron chi connectivity index (χ4n) is 3.31. The van der Waals surface area contributed by atoms with Crippen LogP contribution in [0.3, 0.4) is 0 Å². The van der Waals surface area contributed by atoms with Crippen LogP contribution in [0.25, 0.3) is 6.08 Å². The number of rotatable bonds is 4. The van der Waals surface area contributed by atoms with Crippen LogP contribution in [0.1, 0.15) is 37.7 Å². The van der Waals surface area contributed by atoms with Crippen LogP contribution in [0.4, 0.5) is 0 Å². The van der Waals surface area contributed by atoms with Crippen LogP contribution >= 0.6 is 12.2 Å². The number of nitrogens with zero attached hydrogens (tertiary/aromatic N) is 1. The summed E-state index contributed by atoms with van der Waals surface area (Å²) in [5.74, 6) is 1.31. The minimum atomic E-state index is -0.0511. The molecule has 1 aromatic carbocycles. The van der Waals surface area contributed by atoms with Gasteiger partial charge in [-0.2, -0.15) is 0 Å². The molecule has 1 saturated carbocycles. The Kier molecular flexibility index (Phi) is 5.04. The first-order chi connectivity index (χ1) is 11.6. The highest BCUT2D eigenvalue weighted by Crippen LogP contribution is 2.29. The van der Waals surface area contributed by atoms with Gasteiger partial charge in [-0.25, -0.2) is 0 Å². The number of methoxy groups -OCH3 is 2. The topological polar surface area (TPSA) is 50.8 Å². The molecule has 0 spiro atoms. The zero-order valence-corrected chi connectivity index (χ0v) is 14.8. The standard InChI is InChI=1S/C18H22N2O3S/c1-22-14-9-8-12(16(11-14)23-2)10-15-17(21)20(18(24)19-15)13-6-4-3-5-7-13/h8-11,13H,3-7H2,1-2H3,(H,19,24)/b15-10-. The lowest BCUT2D eigenvalue weighted by Crippen LogP contribution is -2.41. The molecule has 0 bridgehead atoms. The van der Waals surface area contributed by atoms with E-state index in [0.29, 0.717) is 22.3 Å². The second kappa shape index (κ2) is 7.21. The van der Waals surface area contributed by atoms with Crippen LogP contribution in [-0.4, -0.2) is 36.2 Å². The molecule has 1 saturated heterocycles. The molecule has 5 nitrogen and oxygen atoms in total. The van der Waals surface area contributed by atoms with E-state index in [2.05, 4.69) is 5.32 Å². The SMILES string of the molecule is COc1ccc(/C=C2\NC(=S)N(C3CCCCC3)C2=O)c(OC)c1. The number of amides is 1. The van der Waals surface area contributed by atoms with Crippen molar-refractivity contribution in [3.05, 3.63) is 29.5 Å². The average molecular weight is 346 g/mol. The van der Waals surface area contributed by atoms with Gasteiger partial charge in [0, 0.05) is 17.7 Å². The molecule has 1 aliphatic heterocycles. The second-order valence-electron chi connectivity index (χ2n) is 6.06. The summed E-state index contributed by atoms with van der Waals surface area (Å²) >= 11 is 5.39. The summed E-state index contributed by atoms with van der Waals surface area (Å²) in [5.41, 5.74) is 1.30. The Morgan fingerprint density at radius 3 is 2.62 bits per heavy atom. The van der Waals surface area contributed by atoms with Gasteiger partial charge in [-0.15, -0.1) is 0 Å². The Labute approximate surface area is 147 Å². The predicted molar refractivity (Wildman–Crippen MR) is 97.0 cm³/mol. The van der Waals surface area contributed by atoms with Crippen molar-refractivity contribution in [2.75, 3.05) is 14.2 Å². The van der Waals surface area contributed by atoms with Crippen molar-refractivity contribution in [1.82, 2.24) is 10.2 Å². The van der Waals surface area contributed by atoms with Crippen molar-refractivity contribution in [3.63, 3.8) is 0 Å². The van der Waals surface area contributed by atoms with Crippen LogP contribution in [0.15, 0.2) is 23.9 Å². The fraction of sp³-hybridized carbons (Fsp3) is 0.444. The smallest absolute Gasteiger partial charge is 0.276 e. The molecule has 0 atom stereocenters. The number of ether oxygens (including phenoxy) is 2. The van der Waals surface area contributed by atoms with E-state index in [9.17, 15) is 4.79 Å². The normalized spacial score (nSPS) is 20.4. The van der Waals surface area contributed by atoms with Gasteiger partial charge in [0.2, 0.25) is 0 Å². The van der Waals surface area contributed by atoms with E-state index in [-0.39, 0.29) is 11.9 Å². The Morgan fingerprint density at radius 1 is 1.21 bits per heavy atom. The summed E-state index contributed by atoms with van der Waals surface area (Å²) in [6.45, 7) is 0. The summed E-state index contributed by atoms with van der Waals surface area (Å²) in [6, 6.07) is 5.72. The fourth-order valence-corrected chi connectivity index (χ4v) is 3.65. The maximum absolute atomic E-state index is 12.8. The number of hydrogen-bond acceptors (Lipinski definition) is 4. The average Bonchev–Trinajstić information content (AvgIpc) is 2.89. The molecular weight excluding hydrogens is 324 g/mol. The molecule has 0 aromatic heterocycles. The molecule has 6 heteroatoms. The summed E-state index contributed by atoms with van der Waals surface area (Å²) in [4.78, 5) is 14.5. The van der Waals surface area contributed by atoms with E-state index in [1.165, 1.54) is 6.42 Å². The molecule has 0 radical (unpaired) electrons. The first-order valence-electron chi connectivity index (χ1n) is 8.22. The van der Waals surface area contributed by atoms with Crippen LogP contribution < -0.4 is 14.8 Å². The van der Waals surface area contributed by atoms with Crippen molar-refractivity contribution >= 4 is 29.3 Å². The van der Waals surface area contributed by atoms with Crippen molar-refractivity contribution in [3.8, 4) is 11.5 Å². The molecule has 0 unspecified atom stereocenters. The van der Waals surface area contributed by atoms with Gasteiger partial charge >= 0.3 is 0 Å². The van der Waals surface area contributed by atoms with Gasteiger partial charge in [-0.1, -0.05) is 19.3 Å². The monoisotopic (exact) mass is 346 g/mol. The first kappa shape index (κ1) is 16.8. The third kappa shape index (κ3) is 3.24. The third-order valence-corrected chi connectivity index (χ3v) is 4.89. The second-order valence-corrected chi connectivity index (χ2v) is 6.45. The molecule has 1 N–H and O–H groups in total. The van der Waals surface area contributed by atoms with Gasteiger partial charge in [0.1, 0.15) is 17.2 Å². The highest BCUT2D eigenvalue weighted by Gasteiger charge is 2.36. The van der Waals surface area contributed by atoms with Crippen molar-refractivity contribution in [2.45, 2.75) is 38.1 Å². The molecule has 1 heterocycles. The molecule has 2 aliphatic rings. The molecule has 1 aromatic rings. The minimum Gasteiger partial charge on any atom is -0.497 e. The molecule has 1 aliphatic carbocycles. The molecule has 128 valence electrons. The van der Waals surface area contributed by atoms with Crippen LogP contribution in [0.5, 0.6) is 11.5 Å². The van der Waals surface area contributed by atoms with Crippen LogP contribution in [0, 0.1) is 0 Å². The van der Waals surface area contributed by atoms with E-state index in [1.807, 2.05) is 12.1 Å². The van der Waals surface area contributed by atoms with Crippen LogP contribution in [0.2, 0.25) is 0 Å². The Morgan fingerprint density at radius 2 is 1.96 bits per heavy atom. The first-order valence-corrected chi connectivity index (χ1v) is 8.63. The molecule has 2 fully saturated rings. The lowest BCUT2D eigenvalue weighted by molar-refractivity contribution is -0.124. The zero-order valence-electron chi connectivity index (χ0n) is 14.0. The van der Waals surface area contributed by atoms with Crippen molar-refractivity contribution in [1.29, 1.82) is 0 Å². The molecule has 24 heavy (non-hydrogen) atoms. The van der Waals surface area contributed by atoms with Gasteiger partial charge in [-0.05, 0) is 43.3 Å². The molecule has 1 amide bonds. The zero-order chi connectivity index (χ0) is 17.1. The van der Waals surface area contributed by atoms with Gasteiger partial charge in [0.15, 0.2) is 5.11 Å². The number of carbonyl (C=O) groups is 1. The Hall–Kier alpha value is -2.08. The Bertz CT molecular complexity index is 681. The van der Waals surface area contributed by atoms with Crippen molar-refractivity contribution in [2.24, 2.45) is 0 Å². The van der Waals surface area contributed by atoms with E-state index < -0.39 is 0 Å².